The molecular weight excluding hydrogens is 884 g/mol. The van der Waals surface area contributed by atoms with Crippen molar-refractivity contribution in [2.75, 3.05) is 26.9 Å². The number of benzene rings is 3. The lowest BCUT2D eigenvalue weighted by Gasteiger charge is -2.45. The lowest BCUT2D eigenvalue weighted by atomic mass is 9.97. The Morgan fingerprint density at radius 1 is 0.636 bits per heavy atom. The number of methoxy groups -OCH3 is 1. The zero-order valence-electron chi connectivity index (χ0n) is 34.6. The lowest BCUT2D eigenvalue weighted by molar-refractivity contribution is -0.358. The highest BCUT2D eigenvalue weighted by molar-refractivity contribution is 5.89. The van der Waals surface area contributed by atoms with Crippen molar-refractivity contribution in [3.8, 4) is 45.8 Å². The molecule has 0 unspecified atom stereocenters. The second kappa shape index (κ2) is 20.6. The van der Waals surface area contributed by atoms with Gasteiger partial charge in [0.2, 0.25) is 18.3 Å². The topological polar surface area (TPSA) is 365 Å². The van der Waals surface area contributed by atoms with Crippen LogP contribution in [0.1, 0.15) is 5.56 Å². The van der Waals surface area contributed by atoms with Gasteiger partial charge >= 0.3 is 17.3 Å². The van der Waals surface area contributed by atoms with Gasteiger partial charge in [0, 0.05) is 18.2 Å². The maximum atomic E-state index is 12.6. The standard InChI is InChI=1S/C43H48O23/c1-58-25-10-17(2-8-22(25)48)3-9-30(49)59-16-29-33(52)35(54)38(57)42(65-29)66-40-36(55)32(51)28(15-45)64-43(40)62-26-13-21-23(60-39(26)18-4-6-19(46)7-5-18)11-20(47)12-24(21)61-41-37(56)34(53)31(50)27(14-44)63-41/h2-13,27-29,31-38,40-45,50-57H,14-16H2,1H3,(H2-,46,47,48,49)/p+1/t27-,28-,29-,31+,32+,33+,34-,35-,36+,37+,38-,40+,41+,42-,43+/m0/s1. The number of aromatic hydroxyl groups is 3. The van der Waals surface area contributed by atoms with Crippen LogP contribution in [0.3, 0.4) is 0 Å². The molecule has 13 N–H and O–H groups in total. The number of hydrogen-bond donors (Lipinski definition) is 13. The van der Waals surface area contributed by atoms with E-state index in [1.165, 1.54) is 67.8 Å². The summed E-state index contributed by atoms with van der Waals surface area (Å²) in [5, 5.41) is 137. The van der Waals surface area contributed by atoms with E-state index in [1.807, 2.05) is 0 Å². The van der Waals surface area contributed by atoms with E-state index in [2.05, 4.69) is 0 Å². The van der Waals surface area contributed by atoms with Crippen molar-refractivity contribution in [3.05, 3.63) is 72.3 Å². The average Bonchev–Trinajstić information content (AvgIpc) is 3.30. The molecule has 0 amide bonds. The molecule has 0 spiro atoms. The summed E-state index contributed by atoms with van der Waals surface area (Å²) in [7, 11) is 1.34. The van der Waals surface area contributed by atoms with E-state index in [1.54, 1.807) is 0 Å². The minimum Gasteiger partial charge on any atom is -0.508 e. The van der Waals surface area contributed by atoms with Gasteiger partial charge in [-0.1, -0.05) is 6.07 Å². The number of ether oxygens (including phenoxy) is 8. The fourth-order valence-corrected chi connectivity index (χ4v) is 7.38. The van der Waals surface area contributed by atoms with E-state index in [-0.39, 0.29) is 51.0 Å². The number of carbonyl (C=O) groups excluding carboxylic acids is 1. The van der Waals surface area contributed by atoms with E-state index < -0.39 is 124 Å². The first-order valence-electron chi connectivity index (χ1n) is 20.3. The summed E-state index contributed by atoms with van der Waals surface area (Å²) < 4.78 is 51.6. The molecule has 66 heavy (non-hydrogen) atoms. The second-order valence-electron chi connectivity index (χ2n) is 15.5. The molecule has 15 atom stereocenters. The highest BCUT2D eigenvalue weighted by atomic mass is 16.8. The summed E-state index contributed by atoms with van der Waals surface area (Å²) in [5.74, 6) is -2.17. The molecule has 23 heteroatoms. The van der Waals surface area contributed by atoms with Crippen LogP contribution in [0.5, 0.6) is 34.5 Å². The minimum atomic E-state index is -2.05. The quantitative estimate of drug-likeness (QED) is 0.0368. The molecule has 3 aliphatic rings. The molecule has 3 aromatic carbocycles. The normalized spacial score (nSPS) is 32.6. The summed E-state index contributed by atoms with van der Waals surface area (Å²) in [4.78, 5) is 12.6. The van der Waals surface area contributed by atoms with Gasteiger partial charge in [0.25, 0.3) is 0 Å². The number of hydrogen-bond acceptors (Lipinski definition) is 22. The summed E-state index contributed by atoms with van der Waals surface area (Å²) in [6.07, 6.45) is -24.7. The summed E-state index contributed by atoms with van der Waals surface area (Å²) in [6, 6.07) is 13.2. The Morgan fingerprint density at radius 2 is 1.24 bits per heavy atom. The van der Waals surface area contributed by atoms with Gasteiger partial charge in [0.15, 0.2) is 23.9 Å². The van der Waals surface area contributed by atoms with Crippen molar-refractivity contribution in [2.24, 2.45) is 0 Å². The zero-order chi connectivity index (χ0) is 47.6. The summed E-state index contributed by atoms with van der Waals surface area (Å²) >= 11 is 0. The summed E-state index contributed by atoms with van der Waals surface area (Å²) in [6.45, 7) is -2.35. The third-order valence-corrected chi connectivity index (χ3v) is 11.1. The molecule has 358 valence electrons. The molecule has 3 aliphatic heterocycles. The van der Waals surface area contributed by atoms with Crippen LogP contribution >= 0.6 is 0 Å². The maximum absolute atomic E-state index is 12.6. The number of esters is 1. The van der Waals surface area contributed by atoms with Crippen LogP contribution in [0.25, 0.3) is 28.4 Å². The molecule has 0 radical (unpaired) electrons. The minimum absolute atomic E-state index is 0.0203. The molecule has 0 bridgehead atoms. The van der Waals surface area contributed by atoms with Gasteiger partial charge < -0.3 is 104 Å². The molecule has 1 aromatic heterocycles. The van der Waals surface area contributed by atoms with Crippen molar-refractivity contribution in [2.45, 2.75) is 92.1 Å². The first-order chi connectivity index (χ1) is 31.5. The predicted molar refractivity (Wildman–Crippen MR) is 218 cm³/mol. The highest BCUT2D eigenvalue weighted by Gasteiger charge is 2.52. The monoisotopic (exact) mass is 933 g/mol. The Bertz CT molecular complexity index is 2330. The Labute approximate surface area is 373 Å². The van der Waals surface area contributed by atoms with Crippen molar-refractivity contribution in [1.82, 2.24) is 0 Å². The largest absolute Gasteiger partial charge is 0.508 e. The number of phenols is 3. The number of carbonyl (C=O) groups is 1. The zero-order valence-corrected chi connectivity index (χ0v) is 34.6. The van der Waals surface area contributed by atoms with Gasteiger partial charge in [0.05, 0.1) is 32.0 Å². The SMILES string of the molecule is COc1cc(/C=C/C(=O)OC[C@@H]2O[C@@H](O[C@H]3[C@H](Oc4cc5c(O[C@@H]6O[C@@H](CO)[C@@H](O)[C@H](O)[C@H]6O)cc(O)cc5[o+]c4-c4ccc(O)cc4)O[C@@H](CO)[C@@H](O)[C@H]3O)[C@@H](O)[C@@H](O)[C@@H]2O)ccc1O. The van der Waals surface area contributed by atoms with Crippen LogP contribution in [0.4, 0.5) is 0 Å². The molecule has 0 saturated carbocycles. The van der Waals surface area contributed by atoms with Crippen molar-refractivity contribution < 1.29 is 113 Å². The highest BCUT2D eigenvalue weighted by Crippen LogP contribution is 2.43. The van der Waals surface area contributed by atoms with Gasteiger partial charge in [-0.3, -0.25) is 0 Å². The van der Waals surface area contributed by atoms with Gasteiger partial charge in [-0.25, -0.2) is 9.21 Å². The van der Waals surface area contributed by atoms with Crippen LogP contribution in [-0.2, 0) is 28.5 Å². The van der Waals surface area contributed by atoms with E-state index in [0.29, 0.717) is 5.56 Å². The third kappa shape index (κ3) is 10.2. The predicted octanol–water partition coefficient (Wildman–Crippen LogP) is -2.05. The van der Waals surface area contributed by atoms with Crippen LogP contribution in [0.15, 0.2) is 71.2 Å². The molecule has 3 saturated heterocycles. The fourth-order valence-electron chi connectivity index (χ4n) is 7.38. The average molecular weight is 934 g/mol. The van der Waals surface area contributed by atoms with Gasteiger partial charge in [-0.05, 0) is 48.0 Å². The van der Waals surface area contributed by atoms with Crippen LogP contribution in [0, 0.1) is 0 Å². The Balaban J connectivity index is 1.18. The van der Waals surface area contributed by atoms with E-state index in [0.717, 1.165) is 12.1 Å². The van der Waals surface area contributed by atoms with Gasteiger partial charge in [-0.15, -0.1) is 0 Å². The van der Waals surface area contributed by atoms with Gasteiger partial charge in [0.1, 0.15) is 96.4 Å². The second-order valence-corrected chi connectivity index (χ2v) is 15.5. The fraction of sp³-hybridized carbons (Fsp3) is 0.442. The Kier molecular flexibility index (Phi) is 15.1. The Hall–Kier alpha value is -5.48. The number of aliphatic hydroxyl groups is 10. The number of phenolic OH excluding ortho intramolecular Hbond substituents is 3. The molecule has 3 fully saturated rings. The molecule has 4 heterocycles. The van der Waals surface area contributed by atoms with E-state index in [9.17, 15) is 71.2 Å². The van der Waals surface area contributed by atoms with Crippen molar-refractivity contribution in [1.29, 1.82) is 0 Å². The number of aliphatic hydroxyl groups excluding tert-OH is 10. The van der Waals surface area contributed by atoms with Crippen molar-refractivity contribution >= 4 is 23.0 Å². The van der Waals surface area contributed by atoms with E-state index in [4.69, 9.17) is 42.3 Å². The molecule has 7 rings (SSSR count). The first kappa shape index (κ1) is 48.5. The number of rotatable bonds is 14. The molecular formula is C43H49O23+. The lowest BCUT2D eigenvalue weighted by Crippen LogP contribution is -2.65. The molecule has 0 aliphatic carbocycles. The van der Waals surface area contributed by atoms with E-state index >= 15 is 0 Å². The van der Waals surface area contributed by atoms with Crippen LogP contribution in [-0.4, -0.2) is 191 Å². The molecule has 4 aromatic rings. The molecule has 23 nitrogen and oxygen atoms in total. The van der Waals surface area contributed by atoms with Crippen LogP contribution in [0.2, 0.25) is 0 Å². The van der Waals surface area contributed by atoms with Crippen LogP contribution < -0.4 is 14.2 Å². The third-order valence-electron chi connectivity index (χ3n) is 11.1. The van der Waals surface area contributed by atoms with Gasteiger partial charge in [-0.2, -0.15) is 0 Å². The Morgan fingerprint density at radius 3 is 1.91 bits per heavy atom. The maximum Gasteiger partial charge on any atom is 0.402 e. The summed E-state index contributed by atoms with van der Waals surface area (Å²) in [5.41, 5.74) is 0.585. The smallest absolute Gasteiger partial charge is 0.402 e. The number of fused-ring (bicyclic) bond motifs is 1. The van der Waals surface area contributed by atoms with Crippen molar-refractivity contribution in [3.63, 3.8) is 0 Å². The first-order valence-corrected chi connectivity index (χ1v) is 20.3.